The topological polar surface area (TPSA) is 9.23 Å². The molecular weight excluding hydrogens is 423 g/mol. The second-order valence-corrected chi connectivity index (χ2v) is 8.38. The molecule has 1 aliphatic rings. The molecule has 4 heteroatoms. The molecule has 0 saturated heterocycles. The Morgan fingerprint density at radius 3 is 2.07 bits per heavy atom. The molecule has 0 aromatic heterocycles. The normalized spacial score (nSPS) is 15.7. The third kappa shape index (κ3) is 4.25. The van der Waals surface area contributed by atoms with Gasteiger partial charge in [0, 0.05) is 27.6 Å². The highest BCUT2D eigenvalue weighted by Crippen LogP contribution is 2.50. The summed E-state index contributed by atoms with van der Waals surface area (Å²) in [5.41, 5.74) is 7.36. The van der Waals surface area contributed by atoms with Gasteiger partial charge < -0.3 is 4.74 Å². The minimum absolute atomic E-state index is 0.118. The van der Waals surface area contributed by atoms with Gasteiger partial charge in [-0.1, -0.05) is 65.1 Å². The van der Waals surface area contributed by atoms with Crippen molar-refractivity contribution in [1.29, 1.82) is 0 Å². The van der Waals surface area contributed by atoms with Gasteiger partial charge in [0.15, 0.2) is 0 Å². The van der Waals surface area contributed by atoms with Gasteiger partial charge in [-0.2, -0.15) is 0 Å². The molecule has 0 spiro atoms. The van der Waals surface area contributed by atoms with Crippen LogP contribution in [0.15, 0.2) is 72.3 Å². The van der Waals surface area contributed by atoms with Crippen molar-refractivity contribution in [3.8, 4) is 0 Å². The lowest BCUT2D eigenvalue weighted by Crippen LogP contribution is -2.05. The molecule has 1 nitrogen and oxygen atoms in total. The van der Waals surface area contributed by atoms with Crippen molar-refractivity contribution in [2.75, 3.05) is 13.2 Å². The lowest BCUT2D eigenvalue weighted by Gasteiger charge is -2.18. The Morgan fingerprint density at radius 2 is 1.41 bits per heavy atom. The molecule has 0 fully saturated rings. The summed E-state index contributed by atoms with van der Waals surface area (Å²) in [4.78, 5) is 0. The minimum Gasteiger partial charge on any atom is -0.381 e. The maximum Gasteiger partial charge on any atom is 0.0503 e. The highest BCUT2D eigenvalue weighted by atomic mass is 35.5. The van der Waals surface area contributed by atoms with Gasteiger partial charge in [0.1, 0.15) is 0 Å². The van der Waals surface area contributed by atoms with Gasteiger partial charge in [0.25, 0.3) is 0 Å². The Morgan fingerprint density at radius 1 is 0.793 bits per heavy atom. The van der Waals surface area contributed by atoms with Gasteiger partial charge in [-0.25, -0.2) is 0 Å². The fourth-order valence-corrected chi connectivity index (χ4v) is 4.53. The van der Waals surface area contributed by atoms with Crippen molar-refractivity contribution < 1.29 is 4.74 Å². The Bertz CT molecular complexity index is 1040. The molecule has 3 aromatic carbocycles. The van der Waals surface area contributed by atoms with Crippen LogP contribution in [0.2, 0.25) is 15.1 Å². The standard InChI is InChI=1S/C25H21Cl3O/c1-2-29-14-13-22-24(16-3-7-18(26)8-4-16)21-12-11-20(28)15-23(21)25(22)17-5-9-19(27)10-6-17/h3-12,15,25H,2,13-14H2,1H3. The van der Waals surface area contributed by atoms with Crippen molar-refractivity contribution >= 4 is 40.4 Å². The third-order valence-corrected chi connectivity index (χ3v) is 6.06. The first-order valence-corrected chi connectivity index (χ1v) is 10.8. The van der Waals surface area contributed by atoms with E-state index in [1.165, 1.54) is 27.8 Å². The van der Waals surface area contributed by atoms with E-state index in [0.717, 1.165) is 27.1 Å². The first kappa shape index (κ1) is 20.5. The highest BCUT2D eigenvalue weighted by Gasteiger charge is 2.33. The number of halogens is 3. The van der Waals surface area contributed by atoms with Crippen LogP contribution in [0.5, 0.6) is 0 Å². The summed E-state index contributed by atoms with van der Waals surface area (Å²) in [6, 6.07) is 22.3. The predicted molar refractivity (Wildman–Crippen MR) is 123 cm³/mol. The van der Waals surface area contributed by atoms with Crippen LogP contribution in [0.1, 0.15) is 41.5 Å². The lowest BCUT2D eigenvalue weighted by molar-refractivity contribution is 0.150. The van der Waals surface area contributed by atoms with Crippen LogP contribution in [-0.2, 0) is 4.74 Å². The predicted octanol–water partition coefficient (Wildman–Crippen LogP) is 8.02. The van der Waals surface area contributed by atoms with E-state index in [1.54, 1.807) is 0 Å². The van der Waals surface area contributed by atoms with E-state index in [9.17, 15) is 0 Å². The summed E-state index contributed by atoms with van der Waals surface area (Å²) >= 11 is 18.7. The molecule has 1 aliphatic carbocycles. The number of hydrogen-bond donors (Lipinski definition) is 0. The Kier molecular flexibility index (Phi) is 6.32. The summed E-state index contributed by atoms with van der Waals surface area (Å²) in [5.74, 6) is 0.118. The summed E-state index contributed by atoms with van der Waals surface area (Å²) in [7, 11) is 0. The maximum atomic E-state index is 6.41. The molecule has 1 unspecified atom stereocenters. The molecule has 148 valence electrons. The van der Waals surface area contributed by atoms with Crippen LogP contribution in [-0.4, -0.2) is 13.2 Å². The summed E-state index contributed by atoms with van der Waals surface area (Å²) < 4.78 is 5.72. The first-order valence-electron chi connectivity index (χ1n) is 9.70. The van der Waals surface area contributed by atoms with Crippen LogP contribution in [0.3, 0.4) is 0 Å². The highest BCUT2D eigenvalue weighted by molar-refractivity contribution is 6.31. The molecule has 0 amide bonds. The fourth-order valence-electron chi connectivity index (χ4n) is 4.09. The lowest BCUT2D eigenvalue weighted by atomic mass is 9.86. The Hall–Kier alpha value is -1.77. The van der Waals surface area contributed by atoms with Crippen molar-refractivity contribution in [1.82, 2.24) is 0 Å². The molecule has 0 saturated carbocycles. The molecule has 3 aromatic rings. The molecule has 0 aliphatic heterocycles. The van der Waals surface area contributed by atoms with Gasteiger partial charge >= 0.3 is 0 Å². The van der Waals surface area contributed by atoms with Crippen LogP contribution >= 0.6 is 34.8 Å². The van der Waals surface area contributed by atoms with E-state index < -0.39 is 0 Å². The molecule has 0 radical (unpaired) electrons. The molecule has 0 N–H and O–H groups in total. The third-order valence-electron chi connectivity index (χ3n) is 5.32. The van der Waals surface area contributed by atoms with Crippen molar-refractivity contribution in [3.05, 3.63) is 110 Å². The fraction of sp³-hybridized carbons (Fsp3) is 0.200. The van der Waals surface area contributed by atoms with Crippen LogP contribution < -0.4 is 0 Å². The number of rotatable bonds is 6. The second-order valence-electron chi connectivity index (χ2n) is 7.07. The average Bonchev–Trinajstić information content (AvgIpc) is 3.03. The van der Waals surface area contributed by atoms with Gasteiger partial charge in [-0.15, -0.1) is 0 Å². The van der Waals surface area contributed by atoms with Crippen molar-refractivity contribution in [2.24, 2.45) is 0 Å². The summed E-state index contributed by atoms with van der Waals surface area (Å²) in [6.07, 6.45) is 0.839. The second kappa shape index (κ2) is 8.93. The summed E-state index contributed by atoms with van der Waals surface area (Å²) in [6.45, 7) is 3.40. The summed E-state index contributed by atoms with van der Waals surface area (Å²) in [5, 5.41) is 2.20. The smallest absolute Gasteiger partial charge is 0.0503 e. The molecular formula is C25H21Cl3O. The minimum atomic E-state index is 0.118. The van der Waals surface area contributed by atoms with Crippen LogP contribution in [0.4, 0.5) is 0 Å². The quantitative estimate of drug-likeness (QED) is 0.350. The van der Waals surface area contributed by atoms with E-state index in [0.29, 0.717) is 13.2 Å². The van der Waals surface area contributed by atoms with Gasteiger partial charge in [-0.05, 0) is 83.1 Å². The number of benzene rings is 3. The zero-order chi connectivity index (χ0) is 20.4. The SMILES string of the molecule is CCOCCC1=C(c2ccc(Cl)cc2)c2ccc(Cl)cc2C1c1ccc(Cl)cc1. The number of ether oxygens (including phenoxy) is 1. The van der Waals surface area contributed by atoms with Crippen molar-refractivity contribution in [2.45, 2.75) is 19.3 Å². The maximum absolute atomic E-state index is 6.41. The van der Waals surface area contributed by atoms with Gasteiger partial charge in [0.05, 0.1) is 6.61 Å². The van der Waals surface area contributed by atoms with E-state index >= 15 is 0 Å². The number of fused-ring (bicyclic) bond motifs is 1. The zero-order valence-electron chi connectivity index (χ0n) is 16.1. The molecule has 4 rings (SSSR count). The van der Waals surface area contributed by atoms with Gasteiger partial charge in [-0.3, -0.25) is 0 Å². The number of hydrogen-bond acceptors (Lipinski definition) is 1. The van der Waals surface area contributed by atoms with Gasteiger partial charge in [0.2, 0.25) is 0 Å². The van der Waals surface area contributed by atoms with Crippen LogP contribution in [0, 0.1) is 0 Å². The molecule has 0 bridgehead atoms. The monoisotopic (exact) mass is 442 g/mol. The molecule has 29 heavy (non-hydrogen) atoms. The zero-order valence-corrected chi connectivity index (χ0v) is 18.4. The van der Waals surface area contributed by atoms with Crippen LogP contribution in [0.25, 0.3) is 5.57 Å². The average molecular weight is 444 g/mol. The largest absolute Gasteiger partial charge is 0.381 e. The Labute approximate surface area is 186 Å². The van der Waals surface area contributed by atoms with E-state index in [1.807, 2.05) is 37.3 Å². The van der Waals surface area contributed by atoms with E-state index in [2.05, 4.69) is 36.4 Å². The van der Waals surface area contributed by atoms with Crippen molar-refractivity contribution in [3.63, 3.8) is 0 Å². The van der Waals surface area contributed by atoms with E-state index in [4.69, 9.17) is 39.5 Å². The van der Waals surface area contributed by atoms with E-state index in [-0.39, 0.29) is 5.92 Å². The molecule has 0 heterocycles. The first-order chi connectivity index (χ1) is 14.1. The molecule has 1 atom stereocenters. The Balaban J connectivity index is 1.92.